The first-order valence-electron chi connectivity index (χ1n) is 9.52. The molecule has 2 heterocycles. The van der Waals surface area contributed by atoms with E-state index < -0.39 is 26.8 Å². The second-order valence-electron chi connectivity index (χ2n) is 7.07. The van der Waals surface area contributed by atoms with Crippen molar-refractivity contribution in [3.63, 3.8) is 0 Å². The molecule has 0 aliphatic rings. The number of carbonyl (C=O) groups excluding carboxylic acids is 1. The smallest absolute Gasteiger partial charge is 0.225 e. The van der Waals surface area contributed by atoms with E-state index in [-0.39, 0.29) is 11.3 Å². The largest absolute Gasteiger partial charge is 0.325 e. The minimum Gasteiger partial charge on any atom is -0.325 e. The number of rotatable bonds is 6. The van der Waals surface area contributed by atoms with Crippen LogP contribution in [-0.2, 0) is 14.6 Å². The number of sulfone groups is 1. The average molecular weight is 438 g/mol. The van der Waals surface area contributed by atoms with Crippen molar-refractivity contribution < 1.29 is 17.6 Å². The van der Waals surface area contributed by atoms with Gasteiger partial charge >= 0.3 is 0 Å². The molecule has 2 aromatic heterocycles. The van der Waals surface area contributed by atoms with E-state index in [4.69, 9.17) is 0 Å². The Hall–Kier alpha value is -3.59. The maximum atomic E-state index is 13.1. The normalized spacial score (nSPS) is 12.6. The molecule has 0 bridgehead atoms. The highest BCUT2D eigenvalue weighted by molar-refractivity contribution is 7.92. The number of aromatic nitrogens is 3. The van der Waals surface area contributed by atoms with Crippen LogP contribution in [0.15, 0.2) is 78.1 Å². The highest BCUT2D eigenvalue weighted by Gasteiger charge is 2.25. The van der Waals surface area contributed by atoms with E-state index in [2.05, 4.69) is 15.3 Å². The first-order chi connectivity index (χ1) is 14.8. The van der Waals surface area contributed by atoms with Crippen LogP contribution in [0.25, 0.3) is 16.9 Å². The number of imidazole rings is 1. The lowest BCUT2D eigenvalue weighted by molar-refractivity contribution is -0.116. The maximum absolute atomic E-state index is 13.1. The van der Waals surface area contributed by atoms with Gasteiger partial charge in [0.25, 0.3) is 0 Å². The van der Waals surface area contributed by atoms with Gasteiger partial charge in [-0.3, -0.25) is 9.36 Å². The lowest BCUT2D eigenvalue weighted by Crippen LogP contribution is -2.25. The Balaban J connectivity index is 1.43. The van der Waals surface area contributed by atoms with Crippen LogP contribution in [0.5, 0.6) is 0 Å². The molecular weight excluding hydrogens is 419 g/mol. The standard InChI is InChI=1S/C22H19FN4O3S/c1-15(31(29,30)18-9-6-16(23)7-10-18)12-22(28)26-17-8-11-21(24-13-17)27-14-25-19-4-2-3-5-20(19)27/h2-11,13-15H,12H2,1H3,(H,26,28). The summed E-state index contributed by atoms with van der Waals surface area (Å²) >= 11 is 0. The quantitative estimate of drug-likeness (QED) is 0.463. The molecule has 0 spiro atoms. The number of halogens is 1. The van der Waals surface area contributed by atoms with Gasteiger partial charge in [0.2, 0.25) is 5.91 Å². The number of nitrogens with one attached hydrogen (secondary N) is 1. The van der Waals surface area contributed by atoms with Crippen LogP contribution in [0, 0.1) is 5.82 Å². The molecule has 0 saturated heterocycles. The van der Waals surface area contributed by atoms with E-state index in [1.54, 1.807) is 18.5 Å². The summed E-state index contributed by atoms with van der Waals surface area (Å²) < 4.78 is 40.1. The van der Waals surface area contributed by atoms with E-state index in [0.29, 0.717) is 11.5 Å². The third-order valence-electron chi connectivity index (χ3n) is 4.88. The zero-order chi connectivity index (χ0) is 22.0. The molecule has 0 saturated carbocycles. The molecule has 1 amide bonds. The fraction of sp³-hybridized carbons (Fsp3) is 0.136. The van der Waals surface area contributed by atoms with Gasteiger partial charge in [-0.1, -0.05) is 12.1 Å². The summed E-state index contributed by atoms with van der Waals surface area (Å²) in [4.78, 5) is 21.0. The number of benzene rings is 2. The lowest BCUT2D eigenvalue weighted by atomic mass is 10.3. The number of hydrogen-bond donors (Lipinski definition) is 1. The number of fused-ring (bicyclic) bond motifs is 1. The monoisotopic (exact) mass is 438 g/mol. The minimum absolute atomic E-state index is 0.0206. The molecule has 158 valence electrons. The highest BCUT2D eigenvalue weighted by Crippen LogP contribution is 2.20. The SMILES string of the molecule is CC(CC(=O)Nc1ccc(-n2cnc3ccccc32)nc1)S(=O)(=O)c1ccc(F)cc1. The van der Waals surface area contributed by atoms with Crippen molar-refractivity contribution in [2.75, 3.05) is 5.32 Å². The first kappa shape index (κ1) is 20.7. The van der Waals surface area contributed by atoms with Gasteiger partial charge in [-0.15, -0.1) is 0 Å². The van der Waals surface area contributed by atoms with E-state index in [1.165, 1.54) is 25.3 Å². The number of hydrogen-bond acceptors (Lipinski definition) is 5. The molecule has 4 aromatic rings. The van der Waals surface area contributed by atoms with Gasteiger partial charge in [0.1, 0.15) is 18.0 Å². The molecule has 9 heteroatoms. The van der Waals surface area contributed by atoms with Crippen LogP contribution in [0.3, 0.4) is 0 Å². The minimum atomic E-state index is -3.75. The van der Waals surface area contributed by atoms with E-state index in [9.17, 15) is 17.6 Å². The molecule has 31 heavy (non-hydrogen) atoms. The number of amides is 1. The molecule has 0 aliphatic heterocycles. The Labute approximate surface area is 178 Å². The fourth-order valence-corrected chi connectivity index (χ4v) is 4.53. The fourth-order valence-electron chi connectivity index (χ4n) is 3.18. The number of anilines is 1. The Morgan fingerprint density at radius 3 is 2.52 bits per heavy atom. The van der Waals surface area contributed by atoms with Gasteiger partial charge in [-0.2, -0.15) is 0 Å². The zero-order valence-electron chi connectivity index (χ0n) is 16.6. The molecule has 4 rings (SSSR count). The Morgan fingerprint density at radius 1 is 1.06 bits per heavy atom. The van der Waals surface area contributed by atoms with Crippen molar-refractivity contribution in [3.8, 4) is 5.82 Å². The number of pyridine rings is 1. The summed E-state index contributed by atoms with van der Waals surface area (Å²) in [5.41, 5.74) is 2.20. The molecule has 0 fully saturated rings. The van der Waals surface area contributed by atoms with Crippen molar-refractivity contribution in [2.45, 2.75) is 23.5 Å². The van der Waals surface area contributed by atoms with Crippen molar-refractivity contribution in [1.29, 1.82) is 0 Å². The van der Waals surface area contributed by atoms with Gasteiger partial charge < -0.3 is 5.32 Å². The summed E-state index contributed by atoms with van der Waals surface area (Å²) in [6, 6.07) is 15.6. The Kier molecular flexibility index (Phi) is 5.51. The molecular formula is C22H19FN4O3S. The molecule has 0 aliphatic carbocycles. The van der Waals surface area contributed by atoms with Crippen molar-refractivity contribution in [1.82, 2.24) is 14.5 Å². The number of para-hydroxylation sites is 2. The number of carbonyl (C=O) groups is 1. The molecule has 1 atom stereocenters. The average Bonchev–Trinajstić information content (AvgIpc) is 3.19. The number of nitrogens with zero attached hydrogens (tertiary/aromatic N) is 3. The first-order valence-corrected chi connectivity index (χ1v) is 11.1. The Morgan fingerprint density at radius 2 is 1.81 bits per heavy atom. The van der Waals surface area contributed by atoms with Gasteiger partial charge in [-0.05, 0) is 55.5 Å². The predicted molar refractivity (Wildman–Crippen MR) is 115 cm³/mol. The highest BCUT2D eigenvalue weighted by atomic mass is 32.2. The van der Waals surface area contributed by atoms with Crippen LogP contribution in [0.1, 0.15) is 13.3 Å². The van der Waals surface area contributed by atoms with Gasteiger partial charge in [0, 0.05) is 6.42 Å². The maximum Gasteiger partial charge on any atom is 0.225 e. The van der Waals surface area contributed by atoms with Crippen molar-refractivity contribution in [2.24, 2.45) is 0 Å². The van der Waals surface area contributed by atoms with Crippen molar-refractivity contribution in [3.05, 3.63) is 79.0 Å². The third-order valence-corrected chi connectivity index (χ3v) is 7.03. The third kappa shape index (κ3) is 4.31. The van der Waals surface area contributed by atoms with E-state index in [1.807, 2.05) is 28.8 Å². The van der Waals surface area contributed by atoms with Crippen LogP contribution in [0.2, 0.25) is 0 Å². The van der Waals surface area contributed by atoms with Crippen LogP contribution >= 0.6 is 0 Å². The summed E-state index contributed by atoms with van der Waals surface area (Å²) in [6.45, 7) is 1.45. The topological polar surface area (TPSA) is 93.9 Å². The van der Waals surface area contributed by atoms with E-state index >= 15 is 0 Å². The summed E-state index contributed by atoms with van der Waals surface area (Å²) in [5, 5.41) is 1.69. The van der Waals surface area contributed by atoms with Gasteiger partial charge in [-0.25, -0.2) is 22.8 Å². The van der Waals surface area contributed by atoms with Crippen LogP contribution in [0.4, 0.5) is 10.1 Å². The summed E-state index contributed by atoms with van der Waals surface area (Å²) in [6.07, 6.45) is 2.93. The van der Waals surface area contributed by atoms with E-state index in [0.717, 1.165) is 23.2 Å². The summed E-state index contributed by atoms with van der Waals surface area (Å²) in [7, 11) is -3.75. The van der Waals surface area contributed by atoms with Gasteiger partial charge in [0.15, 0.2) is 9.84 Å². The summed E-state index contributed by atoms with van der Waals surface area (Å²) in [5.74, 6) is -0.344. The zero-order valence-corrected chi connectivity index (χ0v) is 17.4. The van der Waals surface area contributed by atoms with Crippen LogP contribution < -0.4 is 5.32 Å². The molecule has 1 unspecified atom stereocenters. The molecule has 2 aromatic carbocycles. The molecule has 1 N–H and O–H groups in total. The van der Waals surface area contributed by atoms with Gasteiger partial charge in [0.05, 0.1) is 33.1 Å². The second-order valence-corrected chi connectivity index (χ2v) is 9.44. The Bertz CT molecular complexity index is 1330. The molecule has 0 radical (unpaired) electrons. The van der Waals surface area contributed by atoms with Crippen LogP contribution in [-0.4, -0.2) is 34.1 Å². The van der Waals surface area contributed by atoms with Crippen molar-refractivity contribution >= 4 is 32.5 Å². The molecule has 7 nitrogen and oxygen atoms in total. The lowest BCUT2D eigenvalue weighted by Gasteiger charge is -2.13. The predicted octanol–water partition coefficient (Wildman–Crippen LogP) is 3.75. The second kappa shape index (κ2) is 8.27.